The third kappa shape index (κ3) is 7.85. The van der Waals surface area contributed by atoms with Gasteiger partial charge in [-0.1, -0.05) is 41.5 Å². The van der Waals surface area contributed by atoms with Gasteiger partial charge in [0.1, 0.15) is 23.9 Å². The van der Waals surface area contributed by atoms with Gasteiger partial charge in [0.25, 0.3) is 6.29 Å². The molecular weight excluding hydrogens is 536 g/mol. The molecule has 0 aromatic carbocycles. The van der Waals surface area contributed by atoms with Crippen molar-refractivity contribution < 1.29 is 53.1 Å². The highest BCUT2D eigenvalue weighted by Crippen LogP contribution is 2.53. The van der Waals surface area contributed by atoms with Gasteiger partial charge >= 0.3 is 23.9 Å². The summed E-state index contributed by atoms with van der Waals surface area (Å²) in [5, 5.41) is 23.4. The quantitative estimate of drug-likeness (QED) is 0.200. The van der Waals surface area contributed by atoms with Gasteiger partial charge in [0.15, 0.2) is 0 Å². The van der Waals surface area contributed by atoms with Crippen molar-refractivity contribution >= 4 is 35.5 Å². The summed E-state index contributed by atoms with van der Waals surface area (Å²) >= 11 is 6.13. The van der Waals surface area contributed by atoms with E-state index in [1.807, 2.05) is 27.7 Å². The van der Waals surface area contributed by atoms with E-state index >= 15 is 0 Å². The Balaban J connectivity index is 2.33. The first-order valence-corrected chi connectivity index (χ1v) is 13.7. The van der Waals surface area contributed by atoms with Gasteiger partial charge in [-0.05, 0) is 11.8 Å². The maximum atomic E-state index is 12.9. The van der Waals surface area contributed by atoms with Crippen LogP contribution in [0, 0.1) is 23.7 Å². The van der Waals surface area contributed by atoms with E-state index in [-0.39, 0.29) is 36.7 Å². The number of fused-ring (bicyclic) bond motifs is 1. The molecule has 39 heavy (non-hydrogen) atoms. The van der Waals surface area contributed by atoms with Crippen LogP contribution < -0.4 is 0 Å². The number of carbonyl (C=O) groups excluding carboxylic acids is 4. The minimum atomic E-state index is -2.05. The monoisotopic (exact) mass is 576 g/mol. The molecule has 222 valence electrons. The topological polar surface area (TPSA) is 155 Å². The first kappa shape index (κ1) is 32.8. The van der Waals surface area contributed by atoms with Crippen LogP contribution >= 0.6 is 11.6 Å². The van der Waals surface area contributed by atoms with E-state index in [9.17, 15) is 29.4 Å². The molecule has 1 fully saturated rings. The summed E-state index contributed by atoms with van der Waals surface area (Å²) in [6.45, 7) is 11.3. The highest BCUT2D eigenvalue weighted by Gasteiger charge is 2.69. The maximum absolute atomic E-state index is 12.9. The molecule has 0 radical (unpaired) electrons. The Morgan fingerprint density at radius 1 is 1.03 bits per heavy atom. The zero-order valence-corrected chi connectivity index (χ0v) is 24.4. The molecule has 6 atom stereocenters. The van der Waals surface area contributed by atoms with Crippen LogP contribution in [-0.2, 0) is 42.9 Å². The van der Waals surface area contributed by atoms with Crippen molar-refractivity contribution in [1.82, 2.24) is 0 Å². The smallest absolute Gasteiger partial charge is 0.348 e. The van der Waals surface area contributed by atoms with Crippen molar-refractivity contribution in [3.05, 3.63) is 11.8 Å². The van der Waals surface area contributed by atoms with E-state index in [0.29, 0.717) is 0 Å². The molecular formula is C27H41ClO11. The van der Waals surface area contributed by atoms with Gasteiger partial charge in [0.05, 0.1) is 18.1 Å². The molecule has 1 saturated carbocycles. The predicted octanol–water partition coefficient (Wildman–Crippen LogP) is 2.63. The van der Waals surface area contributed by atoms with E-state index < -0.39 is 77.9 Å². The molecule has 0 spiro atoms. The second-order valence-corrected chi connectivity index (χ2v) is 11.7. The van der Waals surface area contributed by atoms with Crippen molar-refractivity contribution in [2.45, 2.75) is 97.4 Å². The molecule has 2 aliphatic rings. The van der Waals surface area contributed by atoms with Gasteiger partial charge in [-0.25, -0.2) is 4.79 Å². The molecule has 2 N–H and O–H groups in total. The Labute approximate surface area is 234 Å². The number of hydrogen-bond donors (Lipinski definition) is 2. The number of rotatable bonds is 12. The van der Waals surface area contributed by atoms with Crippen molar-refractivity contribution in [3.8, 4) is 0 Å². The summed E-state index contributed by atoms with van der Waals surface area (Å²) in [7, 11) is 0. The SMILES string of the molecule is CC(=O)O[C@H]1C[C@]2(O)C(COC(=O)[C@@H](OC(=O)CC(C)C)C(C)C)=CO[C@@H](OC(=O)CC(C)C)[C@H]2[C@]1(O)CCl. The molecule has 0 unspecified atom stereocenters. The van der Waals surface area contributed by atoms with Gasteiger partial charge in [-0.15, -0.1) is 11.6 Å². The summed E-state index contributed by atoms with van der Waals surface area (Å²) in [5.74, 6) is -5.00. The fraction of sp³-hybridized carbons (Fsp3) is 0.778. The number of halogens is 1. The van der Waals surface area contributed by atoms with Crippen molar-refractivity contribution in [2.24, 2.45) is 23.7 Å². The molecule has 11 nitrogen and oxygen atoms in total. The van der Waals surface area contributed by atoms with E-state index in [4.69, 9.17) is 35.3 Å². The van der Waals surface area contributed by atoms with Gasteiger partial charge in [-0.2, -0.15) is 0 Å². The van der Waals surface area contributed by atoms with E-state index in [1.54, 1.807) is 13.8 Å². The number of carbonyl (C=O) groups is 4. The number of esters is 4. The fourth-order valence-corrected chi connectivity index (χ4v) is 5.15. The molecule has 1 aliphatic carbocycles. The predicted molar refractivity (Wildman–Crippen MR) is 138 cm³/mol. The van der Waals surface area contributed by atoms with Crippen LogP contribution in [0.3, 0.4) is 0 Å². The Morgan fingerprint density at radius 2 is 1.62 bits per heavy atom. The molecule has 2 rings (SSSR count). The minimum absolute atomic E-state index is 0.0196. The van der Waals surface area contributed by atoms with Crippen molar-refractivity contribution in [3.63, 3.8) is 0 Å². The van der Waals surface area contributed by atoms with Gasteiger partial charge in [0, 0.05) is 37.7 Å². The van der Waals surface area contributed by atoms with Crippen LogP contribution in [0.1, 0.15) is 67.7 Å². The highest BCUT2D eigenvalue weighted by atomic mass is 35.5. The average Bonchev–Trinajstić information content (AvgIpc) is 3.02. The number of aliphatic hydroxyl groups is 2. The number of alkyl halides is 1. The highest BCUT2D eigenvalue weighted by molar-refractivity contribution is 6.18. The van der Waals surface area contributed by atoms with Crippen LogP contribution in [0.25, 0.3) is 0 Å². The lowest BCUT2D eigenvalue weighted by atomic mass is 9.77. The third-order valence-corrected chi connectivity index (χ3v) is 7.09. The molecule has 0 aromatic heterocycles. The summed E-state index contributed by atoms with van der Waals surface area (Å²) in [6, 6.07) is 0. The van der Waals surface area contributed by atoms with Crippen LogP contribution in [0.2, 0.25) is 0 Å². The van der Waals surface area contributed by atoms with Gasteiger partial charge in [0.2, 0.25) is 6.10 Å². The van der Waals surface area contributed by atoms with E-state index in [0.717, 1.165) is 13.2 Å². The number of hydrogen-bond acceptors (Lipinski definition) is 11. The van der Waals surface area contributed by atoms with Gasteiger partial charge in [-0.3, -0.25) is 14.4 Å². The molecule has 12 heteroatoms. The van der Waals surface area contributed by atoms with Crippen molar-refractivity contribution in [1.29, 1.82) is 0 Å². The van der Waals surface area contributed by atoms with Crippen LogP contribution in [-0.4, -0.2) is 76.3 Å². The van der Waals surface area contributed by atoms with Crippen LogP contribution in [0.15, 0.2) is 11.8 Å². The summed E-state index contributed by atoms with van der Waals surface area (Å²) in [5.41, 5.74) is -4.03. The van der Waals surface area contributed by atoms with Gasteiger partial charge < -0.3 is 33.9 Å². The average molecular weight is 577 g/mol. The number of ether oxygens (including phenoxy) is 5. The van der Waals surface area contributed by atoms with E-state index in [1.165, 1.54) is 0 Å². The molecule has 1 aliphatic heterocycles. The molecule has 0 bridgehead atoms. The molecule has 0 amide bonds. The lowest BCUT2D eigenvalue weighted by Crippen LogP contribution is -2.58. The van der Waals surface area contributed by atoms with Crippen LogP contribution in [0.4, 0.5) is 0 Å². The minimum Gasteiger partial charge on any atom is -0.462 e. The second-order valence-electron chi connectivity index (χ2n) is 11.4. The lowest BCUT2D eigenvalue weighted by Gasteiger charge is -2.43. The largest absolute Gasteiger partial charge is 0.462 e. The first-order chi connectivity index (χ1) is 18.0. The first-order valence-electron chi connectivity index (χ1n) is 13.1. The van der Waals surface area contributed by atoms with Crippen LogP contribution in [0.5, 0.6) is 0 Å². The maximum Gasteiger partial charge on any atom is 0.348 e. The Morgan fingerprint density at radius 3 is 2.13 bits per heavy atom. The normalized spacial score (nSPS) is 28.8. The second kappa shape index (κ2) is 13.3. The third-order valence-electron chi connectivity index (χ3n) is 6.67. The Bertz CT molecular complexity index is 946. The summed E-state index contributed by atoms with van der Waals surface area (Å²) in [4.78, 5) is 49.3. The molecule has 1 heterocycles. The Hall–Kier alpha value is -2.37. The fourth-order valence-electron chi connectivity index (χ4n) is 4.81. The summed E-state index contributed by atoms with van der Waals surface area (Å²) < 4.78 is 27.1. The van der Waals surface area contributed by atoms with E-state index in [2.05, 4.69) is 0 Å². The Kier molecular flexibility index (Phi) is 11.2. The summed E-state index contributed by atoms with van der Waals surface area (Å²) in [6.07, 6.45) is -2.99. The lowest BCUT2D eigenvalue weighted by molar-refractivity contribution is -0.228. The zero-order chi connectivity index (χ0) is 29.7. The standard InChI is InChI=1S/C27H41ClO11/c1-14(2)8-20(30)38-22(16(5)6)24(32)35-11-18-12-36-25(39-21(31)9-15(3)4)23-26(18,33)10-19(37-17(7)29)27(23,34)13-28/h12,14-16,19,22-23,25,33-34H,8-11,13H2,1-7H3/t19-,22-,23+,25-,26-,27-/m0/s1. The molecule has 0 aromatic rings. The molecule has 0 saturated heterocycles. The zero-order valence-electron chi connectivity index (χ0n) is 23.6. The van der Waals surface area contributed by atoms with Crippen molar-refractivity contribution in [2.75, 3.05) is 12.5 Å².